The Balaban J connectivity index is 1.74. The third kappa shape index (κ3) is 6.19. The molecule has 2 N–H and O–H groups in total. The number of carbonyl (C=O) groups is 2. The maximum atomic E-state index is 11.9. The second kappa shape index (κ2) is 9.11. The molecule has 0 atom stereocenters. The number of amides is 2. The number of carbonyl (C=O) groups excluding carboxylic acids is 2. The van der Waals surface area contributed by atoms with Gasteiger partial charge < -0.3 is 10.6 Å². The van der Waals surface area contributed by atoms with E-state index in [4.69, 9.17) is 11.6 Å². The van der Waals surface area contributed by atoms with Crippen LogP contribution in [0, 0.1) is 6.92 Å². The fraction of sp³-hybridized carbons (Fsp3) is 0.176. The number of hydrogen-bond acceptors (Lipinski definition) is 3. The Bertz CT molecular complexity index is 738. The van der Waals surface area contributed by atoms with Gasteiger partial charge in [-0.25, -0.2) is 0 Å². The zero-order chi connectivity index (χ0) is 17.5. The summed E-state index contributed by atoms with van der Waals surface area (Å²) in [6, 6.07) is 12.8. The molecule has 4 nitrogen and oxygen atoms in total. The fourth-order valence-corrected chi connectivity index (χ4v) is 3.20. The molecule has 7 heteroatoms. The van der Waals surface area contributed by atoms with Gasteiger partial charge >= 0.3 is 0 Å². The zero-order valence-electron chi connectivity index (χ0n) is 12.9. The minimum Gasteiger partial charge on any atom is -0.346 e. The van der Waals surface area contributed by atoms with Crippen molar-refractivity contribution in [2.24, 2.45) is 0 Å². The molecule has 0 bridgehead atoms. The molecule has 0 aliphatic carbocycles. The number of thioether (sulfide) groups is 1. The molecule has 0 fully saturated rings. The number of rotatable bonds is 6. The zero-order valence-corrected chi connectivity index (χ0v) is 16.1. The Morgan fingerprint density at radius 2 is 1.83 bits per heavy atom. The van der Waals surface area contributed by atoms with Gasteiger partial charge in [-0.15, -0.1) is 11.8 Å². The minimum absolute atomic E-state index is 0.0600. The Morgan fingerprint density at radius 3 is 2.50 bits per heavy atom. The normalized spacial score (nSPS) is 10.3. The molecule has 0 heterocycles. The molecular formula is C17H16BrClN2O2S. The average molecular weight is 428 g/mol. The van der Waals surface area contributed by atoms with Crippen molar-refractivity contribution in [2.45, 2.75) is 11.8 Å². The molecule has 0 aromatic heterocycles. The highest BCUT2D eigenvalue weighted by Gasteiger charge is 2.08. The lowest BCUT2D eigenvalue weighted by molar-refractivity contribution is -0.122. The van der Waals surface area contributed by atoms with E-state index in [1.165, 1.54) is 11.8 Å². The monoisotopic (exact) mass is 426 g/mol. The van der Waals surface area contributed by atoms with Crippen LogP contribution in [0.1, 0.15) is 5.56 Å². The molecule has 0 radical (unpaired) electrons. The van der Waals surface area contributed by atoms with Crippen LogP contribution in [0.2, 0.25) is 5.02 Å². The summed E-state index contributed by atoms with van der Waals surface area (Å²) >= 11 is 10.6. The molecule has 2 amide bonds. The van der Waals surface area contributed by atoms with E-state index in [1.54, 1.807) is 12.1 Å². The lowest BCUT2D eigenvalue weighted by Gasteiger charge is -2.09. The lowest BCUT2D eigenvalue weighted by Crippen LogP contribution is -2.34. The average Bonchev–Trinajstić information content (AvgIpc) is 2.55. The molecule has 0 saturated heterocycles. The van der Waals surface area contributed by atoms with E-state index in [1.807, 2.05) is 37.3 Å². The number of aryl methyl sites for hydroxylation is 1. The summed E-state index contributed by atoms with van der Waals surface area (Å²) in [6.07, 6.45) is 0. The fourth-order valence-electron chi connectivity index (χ4n) is 1.87. The predicted octanol–water partition coefficient (Wildman–Crippen LogP) is 4.26. The van der Waals surface area contributed by atoms with Crippen LogP contribution in [-0.2, 0) is 9.59 Å². The van der Waals surface area contributed by atoms with Crippen molar-refractivity contribution in [3.05, 3.63) is 57.5 Å². The third-order valence-corrected chi connectivity index (χ3v) is 4.85. The largest absolute Gasteiger partial charge is 0.346 e. The van der Waals surface area contributed by atoms with Gasteiger partial charge in [0.25, 0.3) is 0 Å². The first-order chi connectivity index (χ1) is 11.4. The molecule has 2 aromatic rings. The van der Waals surface area contributed by atoms with Crippen molar-refractivity contribution in [1.82, 2.24) is 5.32 Å². The Morgan fingerprint density at radius 1 is 1.12 bits per heavy atom. The molecule has 2 rings (SSSR count). The number of nitrogens with one attached hydrogen (secondary N) is 2. The van der Waals surface area contributed by atoms with Gasteiger partial charge in [-0.1, -0.05) is 27.5 Å². The lowest BCUT2D eigenvalue weighted by atomic mass is 10.2. The molecule has 126 valence electrons. The summed E-state index contributed by atoms with van der Waals surface area (Å²) in [5.74, 6) is -0.213. The first-order valence-electron chi connectivity index (χ1n) is 7.15. The first-order valence-corrected chi connectivity index (χ1v) is 9.31. The summed E-state index contributed by atoms with van der Waals surface area (Å²) in [4.78, 5) is 24.7. The molecule has 24 heavy (non-hydrogen) atoms. The summed E-state index contributed by atoms with van der Waals surface area (Å²) < 4.78 is 0.950. The van der Waals surface area contributed by atoms with Crippen molar-refractivity contribution < 1.29 is 9.59 Å². The minimum atomic E-state index is -0.259. The molecule has 0 saturated carbocycles. The standard InChI is InChI=1S/C17H16BrClN2O2S/c1-11-8-12(18)2-7-15(11)21-16(22)9-20-17(23)10-24-14-5-3-13(19)4-6-14/h2-8H,9-10H2,1H3,(H,20,23)(H,21,22). The Hall–Kier alpha value is -1.50. The number of anilines is 1. The second-order valence-electron chi connectivity index (χ2n) is 5.03. The summed E-state index contributed by atoms with van der Waals surface area (Å²) in [7, 11) is 0. The highest BCUT2D eigenvalue weighted by atomic mass is 79.9. The summed E-state index contributed by atoms with van der Waals surface area (Å²) in [5, 5.41) is 6.04. The van der Waals surface area contributed by atoms with Crippen LogP contribution < -0.4 is 10.6 Å². The predicted molar refractivity (Wildman–Crippen MR) is 103 cm³/mol. The van der Waals surface area contributed by atoms with Crippen molar-refractivity contribution >= 4 is 56.8 Å². The van der Waals surface area contributed by atoms with Gasteiger partial charge in [0, 0.05) is 20.1 Å². The quantitative estimate of drug-likeness (QED) is 0.677. The van der Waals surface area contributed by atoms with Gasteiger partial charge in [-0.3, -0.25) is 9.59 Å². The van der Waals surface area contributed by atoms with Crippen LogP contribution in [0.3, 0.4) is 0 Å². The molecule has 0 spiro atoms. The van der Waals surface area contributed by atoms with Gasteiger partial charge in [-0.2, -0.15) is 0 Å². The third-order valence-electron chi connectivity index (χ3n) is 3.09. The summed E-state index contributed by atoms with van der Waals surface area (Å²) in [5.41, 5.74) is 1.68. The Kier molecular flexibility index (Phi) is 7.15. The Labute approximate surface area is 158 Å². The van der Waals surface area contributed by atoms with Crippen molar-refractivity contribution in [3.63, 3.8) is 0 Å². The maximum absolute atomic E-state index is 11.9. The first kappa shape index (κ1) is 18.8. The van der Waals surface area contributed by atoms with Gasteiger partial charge in [-0.05, 0) is 55.0 Å². The summed E-state index contributed by atoms with van der Waals surface area (Å²) in [6.45, 7) is 1.84. The van der Waals surface area contributed by atoms with Crippen molar-refractivity contribution in [2.75, 3.05) is 17.6 Å². The number of halogens is 2. The smallest absolute Gasteiger partial charge is 0.243 e. The molecule has 0 aliphatic heterocycles. The highest BCUT2D eigenvalue weighted by molar-refractivity contribution is 9.10. The number of benzene rings is 2. The SMILES string of the molecule is Cc1cc(Br)ccc1NC(=O)CNC(=O)CSc1ccc(Cl)cc1. The van der Waals surface area contributed by atoms with Gasteiger partial charge in [0.05, 0.1) is 12.3 Å². The van der Waals surface area contributed by atoms with Crippen LogP contribution >= 0.6 is 39.3 Å². The van der Waals surface area contributed by atoms with E-state index in [2.05, 4.69) is 26.6 Å². The van der Waals surface area contributed by atoms with E-state index in [0.717, 1.165) is 20.6 Å². The maximum Gasteiger partial charge on any atom is 0.243 e. The molecular weight excluding hydrogens is 412 g/mol. The molecule has 0 aliphatic rings. The van der Waals surface area contributed by atoms with Crippen LogP contribution in [-0.4, -0.2) is 24.1 Å². The van der Waals surface area contributed by atoms with E-state index in [0.29, 0.717) is 5.02 Å². The van der Waals surface area contributed by atoms with Gasteiger partial charge in [0.2, 0.25) is 11.8 Å². The van der Waals surface area contributed by atoms with Gasteiger partial charge in [0.15, 0.2) is 0 Å². The van der Waals surface area contributed by atoms with E-state index < -0.39 is 0 Å². The van der Waals surface area contributed by atoms with Crippen molar-refractivity contribution in [3.8, 4) is 0 Å². The van der Waals surface area contributed by atoms with Crippen LogP contribution in [0.5, 0.6) is 0 Å². The van der Waals surface area contributed by atoms with E-state index >= 15 is 0 Å². The van der Waals surface area contributed by atoms with E-state index in [9.17, 15) is 9.59 Å². The molecule has 0 unspecified atom stereocenters. The van der Waals surface area contributed by atoms with Crippen LogP contribution in [0.15, 0.2) is 51.8 Å². The van der Waals surface area contributed by atoms with Crippen LogP contribution in [0.25, 0.3) is 0 Å². The second-order valence-corrected chi connectivity index (χ2v) is 7.43. The topological polar surface area (TPSA) is 58.2 Å². The highest BCUT2D eigenvalue weighted by Crippen LogP contribution is 2.20. The number of hydrogen-bond donors (Lipinski definition) is 2. The van der Waals surface area contributed by atoms with Crippen LogP contribution in [0.4, 0.5) is 5.69 Å². The van der Waals surface area contributed by atoms with Gasteiger partial charge in [0.1, 0.15) is 0 Å². The van der Waals surface area contributed by atoms with E-state index in [-0.39, 0.29) is 24.1 Å². The van der Waals surface area contributed by atoms with Crippen molar-refractivity contribution in [1.29, 1.82) is 0 Å². The molecule has 2 aromatic carbocycles.